The molecule has 1 aromatic heterocycles. The first kappa shape index (κ1) is 16.2. The smallest absolute Gasteiger partial charge is 0.261 e. The molecule has 0 spiro atoms. The van der Waals surface area contributed by atoms with Gasteiger partial charge in [-0.25, -0.2) is 0 Å². The van der Waals surface area contributed by atoms with Crippen molar-refractivity contribution in [2.45, 2.75) is 33.6 Å². The lowest BCUT2D eigenvalue weighted by Crippen LogP contribution is -2.42. The maximum atomic E-state index is 13.1. The lowest BCUT2D eigenvalue weighted by atomic mass is 10.1. The van der Waals surface area contributed by atoms with E-state index in [2.05, 4.69) is 5.16 Å². The third-order valence-electron chi connectivity index (χ3n) is 4.09. The van der Waals surface area contributed by atoms with Gasteiger partial charge in [-0.1, -0.05) is 22.3 Å². The van der Waals surface area contributed by atoms with Crippen molar-refractivity contribution in [3.05, 3.63) is 46.7 Å². The predicted octanol–water partition coefficient (Wildman–Crippen LogP) is 2.83. The average molecular weight is 327 g/mol. The third-order valence-corrected chi connectivity index (χ3v) is 4.09. The Hall–Kier alpha value is -2.63. The molecule has 24 heavy (non-hydrogen) atoms. The molecule has 0 unspecified atom stereocenters. The number of hydrogen-bond acceptors (Lipinski definition) is 4. The minimum absolute atomic E-state index is 0.0634. The first-order chi connectivity index (χ1) is 11.4. The average Bonchev–Trinajstić information content (AvgIpc) is 3.12. The maximum Gasteiger partial charge on any atom is 0.261 e. The Balaban J connectivity index is 1.93. The molecule has 0 saturated carbocycles. The van der Waals surface area contributed by atoms with E-state index in [-0.39, 0.29) is 18.5 Å². The van der Waals surface area contributed by atoms with Crippen LogP contribution < -0.4 is 4.90 Å². The van der Waals surface area contributed by atoms with Gasteiger partial charge < -0.3 is 9.42 Å². The van der Waals surface area contributed by atoms with Crippen molar-refractivity contribution < 1.29 is 14.1 Å². The van der Waals surface area contributed by atoms with Crippen LogP contribution >= 0.6 is 0 Å². The summed E-state index contributed by atoms with van der Waals surface area (Å²) in [6.45, 7) is 6.54. The Bertz CT molecular complexity index is 761. The van der Waals surface area contributed by atoms with E-state index in [1.54, 1.807) is 17.9 Å². The molecule has 2 amide bonds. The van der Waals surface area contributed by atoms with Gasteiger partial charge in [-0.3, -0.25) is 14.5 Å². The van der Waals surface area contributed by atoms with Gasteiger partial charge in [-0.2, -0.15) is 0 Å². The minimum atomic E-state index is -0.185. The summed E-state index contributed by atoms with van der Waals surface area (Å²) < 4.78 is 5.12. The van der Waals surface area contributed by atoms with Crippen LogP contribution in [0.25, 0.3) is 0 Å². The first-order valence-corrected chi connectivity index (χ1v) is 8.05. The lowest BCUT2D eigenvalue weighted by Gasteiger charge is -2.26. The van der Waals surface area contributed by atoms with E-state index >= 15 is 0 Å². The maximum absolute atomic E-state index is 13.1. The highest BCUT2D eigenvalue weighted by molar-refractivity contribution is 6.06. The molecule has 2 aromatic rings. The summed E-state index contributed by atoms with van der Waals surface area (Å²) >= 11 is 0. The Kier molecular flexibility index (Phi) is 4.38. The molecular weight excluding hydrogens is 306 g/mol. The topological polar surface area (TPSA) is 66.7 Å². The van der Waals surface area contributed by atoms with E-state index in [0.29, 0.717) is 30.1 Å². The van der Waals surface area contributed by atoms with Crippen molar-refractivity contribution in [1.29, 1.82) is 0 Å². The highest BCUT2D eigenvalue weighted by Crippen LogP contribution is 2.21. The van der Waals surface area contributed by atoms with Gasteiger partial charge >= 0.3 is 0 Å². The van der Waals surface area contributed by atoms with Gasteiger partial charge in [-0.05, 0) is 39.3 Å². The second kappa shape index (κ2) is 6.47. The predicted molar refractivity (Wildman–Crippen MR) is 89.8 cm³/mol. The lowest BCUT2D eigenvalue weighted by molar-refractivity contribution is -0.127. The molecule has 6 nitrogen and oxygen atoms in total. The second-order valence-corrected chi connectivity index (χ2v) is 6.31. The van der Waals surface area contributed by atoms with Gasteiger partial charge in [0.2, 0.25) is 5.91 Å². The molecule has 1 saturated heterocycles. The fourth-order valence-electron chi connectivity index (χ4n) is 3.00. The van der Waals surface area contributed by atoms with Crippen molar-refractivity contribution in [2.24, 2.45) is 0 Å². The molecule has 1 aromatic carbocycles. The number of anilines is 1. The SMILES string of the molecule is Cc1cc(C)cc(C(=O)N(CN2CCCC2=O)c2cc(C)on2)c1. The van der Waals surface area contributed by atoms with Crippen LogP contribution in [0.4, 0.5) is 5.82 Å². The molecule has 1 aliphatic heterocycles. The number of aryl methyl sites for hydroxylation is 3. The summed E-state index contributed by atoms with van der Waals surface area (Å²) in [5.41, 5.74) is 2.62. The molecule has 0 N–H and O–H groups in total. The number of amides is 2. The summed E-state index contributed by atoms with van der Waals surface area (Å²) in [7, 11) is 0. The normalized spacial score (nSPS) is 14.3. The van der Waals surface area contributed by atoms with Gasteiger partial charge in [0.1, 0.15) is 12.4 Å². The van der Waals surface area contributed by atoms with Crippen molar-refractivity contribution in [3.8, 4) is 0 Å². The van der Waals surface area contributed by atoms with Crippen LogP contribution in [-0.2, 0) is 4.79 Å². The van der Waals surface area contributed by atoms with E-state index in [9.17, 15) is 9.59 Å². The molecule has 0 bridgehead atoms. The third kappa shape index (κ3) is 3.32. The highest BCUT2D eigenvalue weighted by Gasteiger charge is 2.28. The van der Waals surface area contributed by atoms with E-state index in [4.69, 9.17) is 4.52 Å². The van der Waals surface area contributed by atoms with Gasteiger partial charge in [-0.15, -0.1) is 0 Å². The molecule has 126 valence electrons. The Labute approximate surface area is 141 Å². The van der Waals surface area contributed by atoms with Crippen LogP contribution in [0, 0.1) is 20.8 Å². The molecule has 2 heterocycles. The molecule has 0 radical (unpaired) electrons. The molecule has 6 heteroatoms. The van der Waals surface area contributed by atoms with Crippen LogP contribution in [0.2, 0.25) is 0 Å². The van der Waals surface area contributed by atoms with E-state index in [1.807, 2.05) is 32.0 Å². The molecule has 1 fully saturated rings. The fraction of sp³-hybridized carbons (Fsp3) is 0.389. The van der Waals surface area contributed by atoms with Crippen molar-refractivity contribution >= 4 is 17.6 Å². The van der Waals surface area contributed by atoms with Crippen LogP contribution in [0.3, 0.4) is 0 Å². The van der Waals surface area contributed by atoms with Gasteiger partial charge in [0.15, 0.2) is 5.82 Å². The number of rotatable bonds is 4. The van der Waals surface area contributed by atoms with E-state index in [1.165, 1.54) is 4.90 Å². The van der Waals surface area contributed by atoms with Gasteiger partial charge in [0.25, 0.3) is 5.91 Å². The van der Waals surface area contributed by atoms with Crippen LogP contribution in [0.5, 0.6) is 0 Å². The van der Waals surface area contributed by atoms with Crippen molar-refractivity contribution in [2.75, 3.05) is 18.1 Å². The summed E-state index contributed by atoms with van der Waals surface area (Å²) in [6.07, 6.45) is 1.35. The molecule has 0 aliphatic carbocycles. The fourth-order valence-corrected chi connectivity index (χ4v) is 3.00. The number of benzene rings is 1. The molecular formula is C18H21N3O3. The standard InChI is InChI=1S/C18H21N3O3/c1-12-7-13(2)9-15(8-12)18(23)21(16-10-14(3)24-19-16)11-20-6-4-5-17(20)22/h7-10H,4-6,11H2,1-3H3. The van der Waals surface area contributed by atoms with E-state index < -0.39 is 0 Å². The summed E-state index contributed by atoms with van der Waals surface area (Å²) in [5, 5.41) is 3.97. The zero-order valence-electron chi connectivity index (χ0n) is 14.2. The first-order valence-electron chi connectivity index (χ1n) is 8.05. The Morgan fingerprint density at radius 1 is 1.21 bits per heavy atom. The van der Waals surface area contributed by atoms with Crippen LogP contribution in [0.15, 0.2) is 28.8 Å². The van der Waals surface area contributed by atoms with Crippen molar-refractivity contribution in [3.63, 3.8) is 0 Å². The summed E-state index contributed by atoms with van der Waals surface area (Å²) in [6, 6.07) is 7.43. The zero-order chi connectivity index (χ0) is 17.3. The summed E-state index contributed by atoms with van der Waals surface area (Å²) in [5.74, 6) is 0.926. The Morgan fingerprint density at radius 3 is 2.46 bits per heavy atom. The Morgan fingerprint density at radius 2 is 1.92 bits per heavy atom. The number of hydrogen-bond donors (Lipinski definition) is 0. The number of carbonyl (C=O) groups excluding carboxylic acids is 2. The molecule has 1 aliphatic rings. The molecule has 3 rings (SSSR count). The number of aromatic nitrogens is 1. The summed E-state index contributed by atoms with van der Waals surface area (Å²) in [4.78, 5) is 28.2. The van der Waals surface area contributed by atoms with Gasteiger partial charge in [0.05, 0.1) is 0 Å². The minimum Gasteiger partial charge on any atom is -0.360 e. The van der Waals surface area contributed by atoms with Gasteiger partial charge in [0, 0.05) is 24.6 Å². The van der Waals surface area contributed by atoms with Crippen LogP contribution in [0.1, 0.15) is 40.1 Å². The number of nitrogens with zero attached hydrogens (tertiary/aromatic N) is 3. The molecule has 0 atom stereocenters. The highest BCUT2D eigenvalue weighted by atomic mass is 16.5. The quantitative estimate of drug-likeness (QED) is 0.866. The largest absolute Gasteiger partial charge is 0.360 e. The van der Waals surface area contributed by atoms with E-state index in [0.717, 1.165) is 17.5 Å². The van der Waals surface area contributed by atoms with Crippen LogP contribution in [-0.4, -0.2) is 35.1 Å². The number of likely N-dealkylation sites (tertiary alicyclic amines) is 1. The zero-order valence-corrected chi connectivity index (χ0v) is 14.2. The monoisotopic (exact) mass is 327 g/mol. The second-order valence-electron chi connectivity index (χ2n) is 6.31. The van der Waals surface area contributed by atoms with Crippen molar-refractivity contribution in [1.82, 2.24) is 10.1 Å². The number of carbonyl (C=O) groups is 2.